The van der Waals surface area contributed by atoms with Gasteiger partial charge in [-0.2, -0.15) is 31.4 Å². The summed E-state index contributed by atoms with van der Waals surface area (Å²) in [5.41, 5.74) is -2.01. The number of sulfone groups is 1. The van der Waals surface area contributed by atoms with E-state index >= 15 is 0 Å². The number of benzene rings is 1. The van der Waals surface area contributed by atoms with Crippen molar-refractivity contribution in [2.45, 2.75) is 16.6 Å². The van der Waals surface area contributed by atoms with E-state index in [1.54, 1.807) is 0 Å². The Morgan fingerprint density at radius 2 is 1.52 bits per heavy atom. The fourth-order valence-electron chi connectivity index (χ4n) is 1.78. The molecule has 5 nitrogen and oxygen atoms in total. The van der Waals surface area contributed by atoms with Crippen molar-refractivity contribution in [3.63, 3.8) is 0 Å². The summed E-state index contributed by atoms with van der Waals surface area (Å²) in [5.74, 6) is -1.01. The molecule has 2 aromatic rings. The Morgan fingerprint density at radius 1 is 1.04 bits per heavy atom. The van der Waals surface area contributed by atoms with Crippen molar-refractivity contribution in [1.82, 2.24) is 9.78 Å². The Morgan fingerprint density at radius 3 is 1.92 bits per heavy atom. The van der Waals surface area contributed by atoms with Crippen LogP contribution in [-0.2, 0) is 16.0 Å². The van der Waals surface area contributed by atoms with Gasteiger partial charge in [-0.05, 0) is 12.1 Å². The number of nitrogens with zero attached hydrogens (tertiary/aromatic N) is 2. The van der Waals surface area contributed by atoms with Crippen LogP contribution in [0.4, 0.5) is 32.2 Å². The highest BCUT2D eigenvalue weighted by atomic mass is 35.5. The van der Waals surface area contributed by atoms with Gasteiger partial charge in [0, 0.05) is 0 Å². The SMILES string of the molecule is Nc1c(S(=O)(=O)C(F)(F)F)cnn1-c1c(Cl)cc(C(F)(F)F)cc1Cl. The highest BCUT2D eigenvalue weighted by molar-refractivity contribution is 7.92. The normalized spacial score (nSPS) is 13.3. The monoisotopic (exact) mass is 427 g/mol. The van der Waals surface area contributed by atoms with Gasteiger partial charge in [-0.3, -0.25) is 0 Å². The predicted molar refractivity (Wildman–Crippen MR) is 76.2 cm³/mol. The van der Waals surface area contributed by atoms with E-state index in [4.69, 9.17) is 28.9 Å². The summed E-state index contributed by atoms with van der Waals surface area (Å²) in [5, 5.41) is 2.05. The molecule has 25 heavy (non-hydrogen) atoms. The number of hydrogen-bond acceptors (Lipinski definition) is 4. The fourth-order valence-corrected chi connectivity index (χ4v) is 3.23. The second kappa shape index (κ2) is 5.95. The number of anilines is 1. The van der Waals surface area contributed by atoms with Crippen molar-refractivity contribution in [3.8, 4) is 5.69 Å². The number of rotatable bonds is 2. The lowest BCUT2D eigenvalue weighted by Gasteiger charge is -2.13. The third kappa shape index (κ3) is 3.37. The minimum Gasteiger partial charge on any atom is -0.382 e. The number of nitrogen functional groups attached to an aromatic ring is 1. The number of aromatic nitrogens is 2. The molecule has 0 fully saturated rings. The van der Waals surface area contributed by atoms with Crippen LogP contribution in [0.3, 0.4) is 0 Å². The molecule has 0 saturated carbocycles. The molecule has 1 aromatic heterocycles. The maximum atomic E-state index is 12.7. The zero-order valence-electron chi connectivity index (χ0n) is 11.5. The summed E-state index contributed by atoms with van der Waals surface area (Å²) >= 11 is 11.4. The van der Waals surface area contributed by atoms with Gasteiger partial charge in [0.2, 0.25) is 0 Å². The van der Waals surface area contributed by atoms with Gasteiger partial charge in [-0.25, -0.2) is 13.1 Å². The Kier molecular flexibility index (Phi) is 4.68. The number of alkyl halides is 6. The molecule has 0 aliphatic carbocycles. The van der Waals surface area contributed by atoms with Crippen LogP contribution < -0.4 is 5.73 Å². The predicted octanol–water partition coefficient (Wildman–Crippen LogP) is 4.07. The largest absolute Gasteiger partial charge is 0.502 e. The van der Waals surface area contributed by atoms with Crippen molar-refractivity contribution in [2.75, 3.05) is 5.73 Å². The lowest BCUT2D eigenvalue weighted by Crippen LogP contribution is -2.24. The summed E-state index contributed by atoms with van der Waals surface area (Å²) < 4.78 is 99.0. The van der Waals surface area contributed by atoms with Gasteiger partial charge < -0.3 is 5.73 Å². The smallest absolute Gasteiger partial charge is 0.382 e. The molecule has 0 amide bonds. The van der Waals surface area contributed by atoms with E-state index in [2.05, 4.69) is 5.10 Å². The zero-order valence-corrected chi connectivity index (χ0v) is 13.8. The summed E-state index contributed by atoms with van der Waals surface area (Å²) in [6, 6.07) is 0.893. The molecule has 2 N–H and O–H groups in total. The van der Waals surface area contributed by atoms with Crippen LogP contribution in [0, 0.1) is 0 Å². The Hall–Kier alpha value is -1.66. The number of nitrogens with two attached hydrogens (primary N) is 1. The molecule has 0 aliphatic rings. The molecule has 0 bridgehead atoms. The van der Waals surface area contributed by atoms with E-state index in [1.807, 2.05) is 0 Å². The number of halogens is 8. The molecule has 0 unspecified atom stereocenters. The standard InChI is InChI=1S/C11H5Cl2F6N3O2S/c12-5-1-4(10(14,15)16)2-6(13)8(5)22-9(20)7(3-21-22)25(23,24)11(17,18)19/h1-3H,20H2. The topological polar surface area (TPSA) is 78.0 Å². The van der Waals surface area contributed by atoms with Gasteiger partial charge in [0.15, 0.2) is 0 Å². The molecule has 0 radical (unpaired) electrons. The van der Waals surface area contributed by atoms with Crippen molar-refractivity contribution in [3.05, 3.63) is 33.9 Å². The van der Waals surface area contributed by atoms with E-state index < -0.39 is 53.5 Å². The van der Waals surface area contributed by atoms with Gasteiger partial charge in [0.05, 0.1) is 21.8 Å². The quantitative estimate of drug-likeness (QED) is 0.732. The second-order valence-electron chi connectivity index (χ2n) is 4.54. The Balaban J connectivity index is 2.67. The first-order chi connectivity index (χ1) is 11.2. The molecule has 0 aliphatic heterocycles. The second-order valence-corrected chi connectivity index (χ2v) is 7.27. The molecule has 2 rings (SSSR count). The molecule has 138 valence electrons. The van der Waals surface area contributed by atoms with Crippen LogP contribution in [0.15, 0.2) is 23.2 Å². The number of hydrogen-bond donors (Lipinski definition) is 1. The highest BCUT2D eigenvalue weighted by Gasteiger charge is 2.49. The van der Waals surface area contributed by atoms with E-state index in [0.717, 1.165) is 0 Å². The summed E-state index contributed by atoms with van der Waals surface area (Å²) in [6.45, 7) is 0. The summed E-state index contributed by atoms with van der Waals surface area (Å²) in [7, 11) is -5.83. The van der Waals surface area contributed by atoms with Gasteiger partial charge in [0.1, 0.15) is 16.4 Å². The van der Waals surface area contributed by atoms with Crippen molar-refractivity contribution in [2.24, 2.45) is 0 Å². The molecule has 0 spiro atoms. The van der Waals surface area contributed by atoms with E-state index in [1.165, 1.54) is 0 Å². The van der Waals surface area contributed by atoms with Gasteiger partial charge in [-0.15, -0.1) is 0 Å². The molecule has 0 atom stereocenters. The highest BCUT2D eigenvalue weighted by Crippen LogP contribution is 2.40. The van der Waals surface area contributed by atoms with E-state index in [-0.39, 0.29) is 0 Å². The minimum absolute atomic E-state index is 0.294. The van der Waals surface area contributed by atoms with Gasteiger partial charge in [0.25, 0.3) is 9.84 Å². The molecule has 0 saturated heterocycles. The lowest BCUT2D eigenvalue weighted by atomic mass is 10.2. The maximum Gasteiger partial charge on any atom is 0.502 e. The minimum atomic E-state index is -5.83. The van der Waals surface area contributed by atoms with Crippen LogP contribution in [0.5, 0.6) is 0 Å². The molecular formula is C11H5Cl2F6N3O2S. The van der Waals surface area contributed by atoms with Crippen LogP contribution in [0.2, 0.25) is 10.0 Å². The molecule has 1 aromatic carbocycles. The Labute approximate surface area is 145 Å². The van der Waals surface area contributed by atoms with Crippen LogP contribution in [-0.4, -0.2) is 23.7 Å². The van der Waals surface area contributed by atoms with Gasteiger partial charge in [-0.1, -0.05) is 23.2 Å². The third-order valence-corrected chi connectivity index (χ3v) is 5.00. The Bertz CT molecular complexity index is 913. The average Bonchev–Trinajstić information content (AvgIpc) is 2.78. The third-order valence-electron chi connectivity index (χ3n) is 2.92. The molecule has 1 heterocycles. The maximum absolute atomic E-state index is 12.7. The first-order valence-corrected chi connectivity index (χ1v) is 8.13. The fraction of sp³-hybridized carbons (Fsp3) is 0.182. The van der Waals surface area contributed by atoms with Crippen molar-refractivity contribution in [1.29, 1.82) is 0 Å². The van der Waals surface area contributed by atoms with E-state index in [9.17, 15) is 34.8 Å². The zero-order chi connectivity index (χ0) is 19.4. The molecular weight excluding hydrogens is 423 g/mol. The lowest BCUT2D eigenvalue weighted by molar-refractivity contribution is -0.137. The first-order valence-electron chi connectivity index (χ1n) is 5.89. The van der Waals surface area contributed by atoms with Crippen molar-refractivity contribution >= 4 is 38.9 Å². The van der Waals surface area contributed by atoms with Crippen LogP contribution >= 0.6 is 23.2 Å². The first kappa shape index (κ1) is 19.7. The average molecular weight is 428 g/mol. The summed E-state index contributed by atoms with van der Waals surface area (Å²) in [6.07, 6.45) is -4.49. The van der Waals surface area contributed by atoms with Crippen LogP contribution in [0.25, 0.3) is 5.69 Å². The molecule has 14 heteroatoms. The van der Waals surface area contributed by atoms with Gasteiger partial charge >= 0.3 is 11.7 Å². The van der Waals surface area contributed by atoms with Crippen LogP contribution in [0.1, 0.15) is 5.56 Å². The van der Waals surface area contributed by atoms with E-state index in [0.29, 0.717) is 23.0 Å². The summed E-state index contributed by atoms with van der Waals surface area (Å²) in [4.78, 5) is -1.38. The van der Waals surface area contributed by atoms with Crippen molar-refractivity contribution < 1.29 is 34.8 Å².